The molecule has 2 rings (SSSR count). The van der Waals surface area contributed by atoms with Gasteiger partial charge in [0.05, 0.1) is 0 Å². The van der Waals surface area contributed by atoms with E-state index < -0.39 is 0 Å². The van der Waals surface area contributed by atoms with Crippen molar-refractivity contribution in [2.75, 3.05) is 11.4 Å². The SMILES string of the molecule is CC(C)(C)NCc1cc(Br)ccc1N1CCCC1(C)C. The second kappa shape index (κ2) is 5.69. The van der Waals surface area contributed by atoms with Crippen molar-refractivity contribution >= 4 is 21.6 Å². The molecule has 1 aliphatic rings. The highest BCUT2D eigenvalue weighted by Crippen LogP contribution is 2.36. The van der Waals surface area contributed by atoms with E-state index in [1.54, 1.807) is 0 Å². The Morgan fingerprint density at radius 1 is 1.30 bits per heavy atom. The lowest BCUT2D eigenvalue weighted by Gasteiger charge is -2.35. The van der Waals surface area contributed by atoms with Crippen LogP contribution in [0.15, 0.2) is 22.7 Å². The first-order valence-corrected chi connectivity index (χ1v) is 8.29. The normalized spacial score (nSPS) is 18.6. The summed E-state index contributed by atoms with van der Waals surface area (Å²) in [5.41, 5.74) is 3.17. The van der Waals surface area contributed by atoms with Gasteiger partial charge in [0.15, 0.2) is 0 Å². The molecule has 0 amide bonds. The smallest absolute Gasteiger partial charge is 0.0417 e. The van der Waals surface area contributed by atoms with Gasteiger partial charge in [-0.05, 0) is 71.2 Å². The zero-order valence-electron chi connectivity index (χ0n) is 13.4. The van der Waals surface area contributed by atoms with Gasteiger partial charge in [-0.1, -0.05) is 15.9 Å². The first-order chi connectivity index (χ1) is 9.19. The molecule has 3 heteroatoms. The summed E-state index contributed by atoms with van der Waals surface area (Å²) in [4.78, 5) is 2.57. The van der Waals surface area contributed by atoms with Crippen LogP contribution in [0.1, 0.15) is 53.0 Å². The molecular weight excluding hydrogens is 312 g/mol. The molecule has 1 aromatic rings. The van der Waals surface area contributed by atoms with E-state index in [4.69, 9.17) is 0 Å². The number of anilines is 1. The molecule has 1 heterocycles. The number of halogens is 1. The van der Waals surface area contributed by atoms with Crippen LogP contribution in [0.4, 0.5) is 5.69 Å². The van der Waals surface area contributed by atoms with Gasteiger partial charge in [-0.2, -0.15) is 0 Å². The molecule has 20 heavy (non-hydrogen) atoms. The van der Waals surface area contributed by atoms with Crippen molar-refractivity contribution in [2.24, 2.45) is 0 Å². The summed E-state index contributed by atoms with van der Waals surface area (Å²) in [5, 5.41) is 3.61. The van der Waals surface area contributed by atoms with Crippen LogP contribution in [0.25, 0.3) is 0 Å². The van der Waals surface area contributed by atoms with Gasteiger partial charge in [-0.3, -0.25) is 0 Å². The Balaban J connectivity index is 2.28. The van der Waals surface area contributed by atoms with Gasteiger partial charge < -0.3 is 10.2 Å². The second-order valence-electron chi connectivity index (χ2n) is 7.44. The van der Waals surface area contributed by atoms with Crippen molar-refractivity contribution < 1.29 is 0 Å². The van der Waals surface area contributed by atoms with Crippen LogP contribution in [0.2, 0.25) is 0 Å². The van der Waals surface area contributed by atoms with Crippen LogP contribution in [-0.4, -0.2) is 17.6 Å². The lowest BCUT2D eigenvalue weighted by Crippen LogP contribution is -2.40. The fourth-order valence-corrected chi connectivity index (χ4v) is 3.28. The molecule has 1 fully saturated rings. The highest BCUT2D eigenvalue weighted by atomic mass is 79.9. The molecule has 1 saturated heterocycles. The molecule has 0 aromatic heterocycles. The second-order valence-corrected chi connectivity index (χ2v) is 8.36. The van der Waals surface area contributed by atoms with E-state index in [0.717, 1.165) is 17.6 Å². The van der Waals surface area contributed by atoms with Gasteiger partial charge in [0.2, 0.25) is 0 Å². The van der Waals surface area contributed by atoms with Crippen LogP contribution >= 0.6 is 15.9 Å². The lowest BCUT2D eigenvalue weighted by atomic mass is 10.00. The summed E-state index contributed by atoms with van der Waals surface area (Å²) in [6, 6.07) is 6.67. The first-order valence-electron chi connectivity index (χ1n) is 7.50. The van der Waals surface area contributed by atoms with E-state index in [9.17, 15) is 0 Å². The predicted molar refractivity (Wildman–Crippen MR) is 91.4 cm³/mol. The molecule has 0 radical (unpaired) electrons. The third-order valence-corrected chi connectivity index (χ3v) is 4.54. The monoisotopic (exact) mass is 338 g/mol. The summed E-state index contributed by atoms with van der Waals surface area (Å²) in [5.74, 6) is 0. The minimum atomic E-state index is 0.139. The minimum absolute atomic E-state index is 0.139. The Morgan fingerprint density at radius 2 is 2.00 bits per heavy atom. The molecule has 0 spiro atoms. The van der Waals surface area contributed by atoms with E-state index >= 15 is 0 Å². The van der Waals surface area contributed by atoms with Crippen molar-refractivity contribution in [3.05, 3.63) is 28.2 Å². The average molecular weight is 339 g/mol. The number of benzene rings is 1. The Labute approximate surface area is 132 Å². The minimum Gasteiger partial charge on any atom is -0.366 e. The molecule has 0 unspecified atom stereocenters. The van der Waals surface area contributed by atoms with Crippen molar-refractivity contribution in [2.45, 2.75) is 65.1 Å². The molecule has 112 valence electrons. The number of hydrogen-bond donors (Lipinski definition) is 1. The van der Waals surface area contributed by atoms with Crippen molar-refractivity contribution in [3.63, 3.8) is 0 Å². The van der Waals surface area contributed by atoms with Crippen LogP contribution in [0, 0.1) is 0 Å². The van der Waals surface area contributed by atoms with Crippen molar-refractivity contribution in [1.29, 1.82) is 0 Å². The average Bonchev–Trinajstić information content (AvgIpc) is 2.66. The molecule has 0 aliphatic carbocycles. The first kappa shape index (κ1) is 15.8. The van der Waals surface area contributed by atoms with Gasteiger partial charge in [0.1, 0.15) is 0 Å². The standard InChI is InChI=1S/C17H27BrN2/c1-16(2,3)19-12-13-11-14(18)7-8-15(13)20-10-6-9-17(20,4)5/h7-8,11,19H,6,9-10,12H2,1-5H3. The molecule has 2 nitrogen and oxygen atoms in total. The topological polar surface area (TPSA) is 15.3 Å². The van der Waals surface area contributed by atoms with E-state index in [0.29, 0.717) is 0 Å². The summed E-state index contributed by atoms with van der Waals surface area (Å²) in [7, 11) is 0. The largest absolute Gasteiger partial charge is 0.366 e. The molecular formula is C17H27BrN2. The van der Waals surface area contributed by atoms with Crippen LogP contribution in [0.3, 0.4) is 0 Å². The van der Waals surface area contributed by atoms with E-state index in [-0.39, 0.29) is 11.1 Å². The number of nitrogens with zero attached hydrogens (tertiary/aromatic N) is 1. The molecule has 0 atom stereocenters. The van der Waals surface area contributed by atoms with Crippen LogP contribution < -0.4 is 10.2 Å². The van der Waals surface area contributed by atoms with E-state index in [1.807, 2.05) is 0 Å². The number of rotatable bonds is 3. The van der Waals surface area contributed by atoms with Crippen LogP contribution in [-0.2, 0) is 6.54 Å². The summed E-state index contributed by atoms with van der Waals surface area (Å²) < 4.78 is 1.16. The molecule has 0 saturated carbocycles. The summed E-state index contributed by atoms with van der Waals surface area (Å²) >= 11 is 3.61. The highest BCUT2D eigenvalue weighted by molar-refractivity contribution is 9.10. The van der Waals surface area contributed by atoms with Crippen LogP contribution in [0.5, 0.6) is 0 Å². The summed E-state index contributed by atoms with van der Waals surface area (Å²) in [6.45, 7) is 13.4. The Bertz CT molecular complexity index is 474. The fourth-order valence-electron chi connectivity index (χ4n) is 2.87. The van der Waals surface area contributed by atoms with Gasteiger partial charge in [-0.15, -0.1) is 0 Å². The van der Waals surface area contributed by atoms with Gasteiger partial charge >= 0.3 is 0 Å². The number of nitrogens with one attached hydrogen (secondary N) is 1. The van der Waals surface area contributed by atoms with Crippen molar-refractivity contribution in [1.82, 2.24) is 5.32 Å². The predicted octanol–water partition coefficient (Wildman–Crippen LogP) is 4.72. The molecule has 1 aliphatic heterocycles. The zero-order chi connectivity index (χ0) is 15.0. The quantitative estimate of drug-likeness (QED) is 0.857. The van der Waals surface area contributed by atoms with E-state index in [1.165, 1.54) is 24.1 Å². The third-order valence-electron chi connectivity index (χ3n) is 4.04. The Hall–Kier alpha value is -0.540. The Kier molecular flexibility index (Phi) is 4.50. The van der Waals surface area contributed by atoms with Gasteiger partial charge in [0.25, 0.3) is 0 Å². The molecule has 1 N–H and O–H groups in total. The molecule has 1 aromatic carbocycles. The maximum Gasteiger partial charge on any atom is 0.0417 e. The van der Waals surface area contributed by atoms with Gasteiger partial charge in [-0.25, -0.2) is 0 Å². The maximum atomic E-state index is 3.61. The Morgan fingerprint density at radius 3 is 2.55 bits per heavy atom. The summed E-state index contributed by atoms with van der Waals surface area (Å²) in [6.07, 6.45) is 2.56. The molecule has 0 bridgehead atoms. The maximum absolute atomic E-state index is 3.61. The third kappa shape index (κ3) is 3.76. The van der Waals surface area contributed by atoms with E-state index in [2.05, 4.69) is 79.0 Å². The number of hydrogen-bond acceptors (Lipinski definition) is 2. The lowest BCUT2D eigenvalue weighted by molar-refractivity contribution is 0.423. The fraction of sp³-hybridized carbons (Fsp3) is 0.647. The van der Waals surface area contributed by atoms with Crippen molar-refractivity contribution in [3.8, 4) is 0 Å². The zero-order valence-corrected chi connectivity index (χ0v) is 15.0. The van der Waals surface area contributed by atoms with Gasteiger partial charge in [0, 0.05) is 34.3 Å². The highest BCUT2D eigenvalue weighted by Gasteiger charge is 2.33.